The van der Waals surface area contributed by atoms with E-state index >= 15 is 0 Å². The molecule has 2 N–H and O–H groups in total. The number of hydrogen-bond acceptors (Lipinski definition) is 6. The van der Waals surface area contributed by atoms with E-state index in [1.54, 1.807) is 18.3 Å². The van der Waals surface area contributed by atoms with Gasteiger partial charge in [0.1, 0.15) is 0 Å². The molecule has 0 aromatic heterocycles. The van der Waals surface area contributed by atoms with E-state index in [1.807, 2.05) is 30.3 Å². The van der Waals surface area contributed by atoms with Crippen molar-refractivity contribution in [3.8, 4) is 17.2 Å². The fraction of sp³-hybridized carbons (Fsp3) is 0.211. The molecule has 0 aliphatic carbocycles. The summed E-state index contributed by atoms with van der Waals surface area (Å²) in [4.78, 5) is 11.3. The second-order valence-electron chi connectivity index (χ2n) is 5.39. The SMILES string of the molecule is COc1cc(C=NNC(=S)NCc2ccccc2)cc(OC)c1OC(C)=O. The molecular weight excluding hydrogens is 366 g/mol. The molecule has 0 radical (unpaired) electrons. The Morgan fingerprint density at radius 3 is 2.33 bits per heavy atom. The maximum absolute atomic E-state index is 11.3. The molecule has 2 aromatic carbocycles. The summed E-state index contributed by atoms with van der Waals surface area (Å²) in [6.07, 6.45) is 1.55. The number of carbonyl (C=O) groups is 1. The Balaban J connectivity index is 2.01. The highest BCUT2D eigenvalue weighted by atomic mass is 32.1. The molecule has 0 saturated heterocycles. The van der Waals surface area contributed by atoms with Gasteiger partial charge in [-0.25, -0.2) is 0 Å². The average molecular weight is 387 g/mol. The van der Waals surface area contributed by atoms with Gasteiger partial charge in [-0.15, -0.1) is 0 Å². The van der Waals surface area contributed by atoms with Gasteiger partial charge in [0, 0.05) is 19.0 Å². The third kappa shape index (κ3) is 6.27. The molecule has 142 valence electrons. The second-order valence-corrected chi connectivity index (χ2v) is 5.79. The van der Waals surface area contributed by atoms with Crippen molar-refractivity contribution in [1.82, 2.24) is 10.7 Å². The molecule has 0 unspecified atom stereocenters. The molecule has 0 saturated carbocycles. The van der Waals surface area contributed by atoms with E-state index < -0.39 is 5.97 Å². The number of nitrogens with zero attached hydrogens (tertiary/aromatic N) is 1. The van der Waals surface area contributed by atoms with Gasteiger partial charge in [-0.3, -0.25) is 10.2 Å². The molecule has 2 rings (SSSR count). The van der Waals surface area contributed by atoms with Crippen LogP contribution in [-0.2, 0) is 11.3 Å². The first kappa shape index (κ1) is 20.2. The minimum absolute atomic E-state index is 0.220. The number of benzene rings is 2. The normalized spacial score (nSPS) is 10.3. The van der Waals surface area contributed by atoms with Gasteiger partial charge in [-0.05, 0) is 29.9 Å². The lowest BCUT2D eigenvalue weighted by Gasteiger charge is -2.13. The molecule has 0 bridgehead atoms. The van der Waals surface area contributed by atoms with Crippen molar-refractivity contribution < 1.29 is 19.0 Å². The Bertz CT molecular complexity index is 800. The summed E-state index contributed by atoms with van der Waals surface area (Å²) in [6, 6.07) is 13.2. The van der Waals surface area contributed by atoms with Crippen molar-refractivity contribution in [3.63, 3.8) is 0 Å². The summed E-state index contributed by atoms with van der Waals surface area (Å²) in [6.45, 7) is 1.91. The van der Waals surface area contributed by atoms with E-state index in [-0.39, 0.29) is 5.75 Å². The Kier molecular flexibility index (Phi) is 7.57. The minimum Gasteiger partial charge on any atom is -0.493 e. The minimum atomic E-state index is -0.468. The van der Waals surface area contributed by atoms with Crippen LogP contribution in [0.25, 0.3) is 0 Å². The molecule has 27 heavy (non-hydrogen) atoms. The van der Waals surface area contributed by atoms with E-state index in [0.29, 0.717) is 28.7 Å². The monoisotopic (exact) mass is 387 g/mol. The summed E-state index contributed by atoms with van der Waals surface area (Å²) in [5.41, 5.74) is 4.54. The van der Waals surface area contributed by atoms with Gasteiger partial charge in [-0.1, -0.05) is 30.3 Å². The number of ether oxygens (including phenoxy) is 3. The molecule has 0 atom stereocenters. The van der Waals surface area contributed by atoms with E-state index in [2.05, 4.69) is 15.8 Å². The van der Waals surface area contributed by atoms with Crippen molar-refractivity contribution in [3.05, 3.63) is 53.6 Å². The summed E-state index contributed by atoms with van der Waals surface area (Å²) in [7, 11) is 2.95. The standard InChI is InChI=1S/C19H21N3O4S/c1-13(23)26-18-16(24-2)9-15(10-17(18)25-3)12-21-22-19(27)20-11-14-7-5-4-6-8-14/h4-10,12H,11H2,1-3H3,(H2,20,22,27). The Morgan fingerprint density at radius 2 is 1.78 bits per heavy atom. The van der Waals surface area contributed by atoms with E-state index in [4.69, 9.17) is 26.4 Å². The first-order valence-electron chi connectivity index (χ1n) is 8.08. The Hall–Kier alpha value is -3.13. The quantitative estimate of drug-likeness (QED) is 0.248. The second kappa shape index (κ2) is 10.1. The van der Waals surface area contributed by atoms with Crippen LogP contribution in [0.2, 0.25) is 0 Å². The highest BCUT2D eigenvalue weighted by Crippen LogP contribution is 2.38. The fourth-order valence-corrected chi connectivity index (χ4v) is 2.33. The van der Waals surface area contributed by atoms with Crippen LogP contribution >= 0.6 is 12.2 Å². The van der Waals surface area contributed by atoms with Crippen LogP contribution in [0.3, 0.4) is 0 Å². The highest BCUT2D eigenvalue weighted by molar-refractivity contribution is 7.80. The molecule has 0 spiro atoms. The number of carbonyl (C=O) groups excluding carboxylic acids is 1. The van der Waals surface area contributed by atoms with Gasteiger partial charge in [0.05, 0.1) is 20.4 Å². The molecule has 0 fully saturated rings. The van der Waals surface area contributed by atoms with Crippen molar-refractivity contribution in [1.29, 1.82) is 0 Å². The molecule has 0 aliphatic rings. The van der Waals surface area contributed by atoms with Crippen LogP contribution in [-0.4, -0.2) is 31.5 Å². The maximum Gasteiger partial charge on any atom is 0.308 e. The highest BCUT2D eigenvalue weighted by Gasteiger charge is 2.15. The zero-order chi connectivity index (χ0) is 19.6. The zero-order valence-corrected chi connectivity index (χ0v) is 16.1. The summed E-state index contributed by atoms with van der Waals surface area (Å²) in [5, 5.41) is 7.55. The largest absolute Gasteiger partial charge is 0.493 e. The van der Waals surface area contributed by atoms with Crippen molar-refractivity contribution in [2.75, 3.05) is 14.2 Å². The van der Waals surface area contributed by atoms with E-state index in [1.165, 1.54) is 21.1 Å². The predicted octanol–water partition coefficient (Wildman–Crippen LogP) is 2.63. The maximum atomic E-state index is 11.3. The molecule has 0 aliphatic heterocycles. The van der Waals surface area contributed by atoms with Crippen molar-refractivity contribution in [2.45, 2.75) is 13.5 Å². The van der Waals surface area contributed by atoms with Gasteiger partial charge in [0.15, 0.2) is 16.6 Å². The van der Waals surface area contributed by atoms with Crippen LogP contribution < -0.4 is 25.0 Å². The summed E-state index contributed by atoms with van der Waals surface area (Å²) < 4.78 is 15.7. The molecule has 0 heterocycles. The fourth-order valence-electron chi connectivity index (χ4n) is 2.20. The number of hydrogen-bond donors (Lipinski definition) is 2. The lowest BCUT2D eigenvalue weighted by atomic mass is 10.2. The van der Waals surface area contributed by atoms with Gasteiger partial charge in [0.2, 0.25) is 5.75 Å². The number of esters is 1. The first-order valence-corrected chi connectivity index (χ1v) is 8.49. The number of nitrogens with one attached hydrogen (secondary N) is 2. The van der Waals surface area contributed by atoms with E-state index in [9.17, 15) is 4.79 Å². The Morgan fingerprint density at radius 1 is 1.15 bits per heavy atom. The number of hydrazone groups is 1. The van der Waals surface area contributed by atoms with Crippen molar-refractivity contribution in [2.24, 2.45) is 5.10 Å². The van der Waals surface area contributed by atoms with Crippen LogP contribution in [0.15, 0.2) is 47.6 Å². The van der Waals surface area contributed by atoms with Crippen molar-refractivity contribution >= 4 is 29.5 Å². The van der Waals surface area contributed by atoms with E-state index in [0.717, 1.165) is 5.56 Å². The van der Waals surface area contributed by atoms with Gasteiger partial charge >= 0.3 is 5.97 Å². The third-order valence-corrected chi connectivity index (χ3v) is 3.64. The number of thiocarbonyl (C=S) groups is 1. The van der Waals surface area contributed by atoms with Gasteiger partial charge in [-0.2, -0.15) is 5.10 Å². The van der Waals surface area contributed by atoms with Crippen LogP contribution in [0.1, 0.15) is 18.1 Å². The molecule has 7 nitrogen and oxygen atoms in total. The molecular formula is C19H21N3O4S. The van der Waals surface area contributed by atoms with Gasteiger partial charge in [0.25, 0.3) is 0 Å². The predicted molar refractivity (Wildman–Crippen MR) is 107 cm³/mol. The number of rotatable bonds is 7. The first-order chi connectivity index (χ1) is 13.0. The van der Waals surface area contributed by atoms with Crippen LogP contribution in [0, 0.1) is 0 Å². The molecule has 2 aromatic rings. The Labute approximate surface area is 163 Å². The third-order valence-electron chi connectivity index (χ3n) is 3.40. The smallest absolute Gasteiger partial charge is 0.308 e. The van der Waals surface area contributed by atoms with Gasteiger partial charge < -0.3 is 19.5 Å². The summed E-state index contributed by atoms with van der Waals surface area (Å²) in [5.74, 6) is 0.466. The number of methoxy groups -OCH3 is 2. The molecule has 0 amide bonds. The topological polar surface area (TPSA) is 81.2 Å². The van der Waals surface area contributed by atoms with Crippen LogP contribution in [0.5, 0.6) is 17.2 Å². The lowest BCUT2D eigenvalue weighted by Crippen LogP contribution is -2.31. The molecule has 8 heteroatoms. The van der Waals surface area contributed by atoms with Crippen LogP contribution in [0.4, 0.5) is 0 Å². The lowest BCUT2D eigenvalue weighted by molar-refractivity contribution is -0.132. The zero-order valence-electron chi connectivity index (χ0n) is 15.3. The summed E-state index contributed by atoms with van der Waals surface area (Å²) >= 11 is 5.19. The average Bonchev–Trinajstić information content (AvgIpc) is 2.67.